The lowest BCUT2D eigenvalue weighted by atomic mass is 10.1. The number of nitrogens with two attached hydrogens (primary N) is 1. The monoisotopic (exact) mass is 231 g/mol. The van der Waals surface area contributed by atoms with E-state index in [1.54, 1.807) is 30.1 Å². The first-order valence-corrected chi connectivity index (χ1v) is 5.15. The molecule has 0 aliphatic rings. The number of aromatic nitrogens is 3. The number of carbonyl (C=O) groups is 1. The van der Waals surface area contributed by atoms with E-state index in [0.29, 0.717) is 5.69 Å². The van der Waals surface area contributed by atoms with Gasteiger partial charge in [0.25, 0.3) is 0 Å². The van der Waals surface area contributed by atoms with Crippen molar-refractivity contribution in [2.75, 3.05) is 12.8 Å². The Kier molecular flexibility index (Phi) is 3.04. The minimum absolute atomic E-state index is 0.118. The SMILES string of the molecule is CNC(=O)Cn1nncc1-c1ccc(N)cc1. The minimum Gasteiger partial charge on any atom is -0.399 e. The zero-order valence-electron chi connectivity index (χ0n) is 9.42. The molecule has 2 aromatic rings. The molecule has 1 aromatic carbocycles. The zero-order valence-corrected chi connectivity index (χ0v) is 9.42. The van der Waals surface area contributed by atoms with Crippen molar-refractivity contribution >= 4 is 11.6 Å². The van der Waals surface area contributed by atoms with Gasteiger partial charge in [0.1, 0.15) is 6.54 Å². The molecule has 0 atom stereocenters. The van der Waals surface area contributed by atoms with Crippen LogP contribution in [0.4, 0.5) is 5.69 Å². The third-order valence-corrected chi connectivity index (χ3v) is 2.40. The van der Waals surface area contributed by atoms with Crippen molar-refractivity contribution in [2.24, 2.45) is 0 Å². The highest BCUT2D eigenvalue weighted by Crippen LogP contribution is 2.18. The molecule has 0 bridgehead atoms. The Morgan fingerprint density at radius 1 is 1.41 bits per heavy atom. The van der Waals surface area contributed by atoms with Crippen LogP contribution in [0.25, 0.3) is 11.3 Å². The second-order valence-corrected chi connectivity index (χ2v) is 3.57. The first kappa shape index (κ1) is 11.1. The molecule has 3 N–H and O–H groups in total. The average molecular weight is 231 g/mol. The van der Waals surface area contributed by atoms with Gasteiger partial charge in [0.2, 0.25) is 5.91 Å². The lowest BCUT2D eigenvalue weighted by Crippen LogP contribution is -2.24. The summed E-state index contributed by atoms with van der Waals surface area (Å²) in [4.78, 5) is 11.3. The molecule has 0 unspecified atom stereocenters. The molecule has 88 valence electrons. The van der Waals surface area contributed by atoms with Crippen molar-refractivity contribution in [3.05, 3.63) is 30.5 Å². The quantitative estimate of drug-likeness (QED) is 0.742. The molecule has 0 saturated carbocycles. The number of nitrogen functional groups attached to an aromatic ring is 1. The topological polar surface area (TPSA) is 85.8 Å². The van der Waals surface area contributed by atoms with Crippen LogP contribution in [0.3, 0.4) is 0 Å². The van der Waals surface area contributed by atoms with E-state index in [9.17, 15) is 4.79 Å². The van der Waals surface area contributed by atoms with Crippen LogP contribution < -0.4 is 11.1 Å². The van der Waals surface area contributed by atoms with E-state index in [0.717, 1.165) is 11.3 Å². The summed E-state index contributed by atoms with van der Waals surface area (Å²) in [5, 5.41) is 10.2. The predicted octanol–water partition coefficient (Wildman–Crippen LogP) is 0.273. The second kappa shape index (κ2) is 4.65. The number of anilines is 1. The van der Waals surface area contributed by atoms with Crippen LogP contribution in [0.1, 0.15) is 0 Å². The Hall–Kier alpha value is -2.37. The van der Waals surface area contributed by atoms with Crippen LogP contribution in [0.2, 0.25) is 0 Å². The molecule has 6 heteroatoms. The Labute approximate surface area is 98.4 Å². The Balaban J connectivity index is 2.30. The number of carbonyl (C=O) groups excluding carboxylic acids is 1. The van der Waals surface area contributed by atoms with E-state index >= 15 is 0 Å². The maximum atomic E-state index is 11.3. The van der Waals surface area contributed by atoms with Gasteiger partial charge in [-0.25, -0.2) is 4.68 Å². The lowest BCUT2D eigenvalue weighted by Gasteiger charge is -2.05. The summed E-state index contributed by atoms with van der Waals surface area (Å²) in [6, 6.07) is 7.34. The van der Waals surface area contributed by atoms with E-state index in [-0.39, 0.29) is 12.5 Å². The Morgan fingerprint density at radius 2 is 2.12 bits per heavy atom. The molecule has 1 aromatic heterocycles. The smallest absolute Gasteiger partial charge is 0.241 e. The minimum atomic E-state index is -0.118. The summed E-state index contributed by atoms with van der Waals surface area (Å²) >= 11 is 0. The van der Waals surface area contributed by atoms with Gasteiger partial charge in [-0.05, 0) is 12.1 Å². The van der Waals surface area contributed by atoms with Crippen LogP contribution >= 0.6 is 0 Å². The molecule has 1 amide bonds. The van der Waals surface area contributed by atoms with Gasteiger partial charge < -0.3 is 11.1 Å². The molecule has 0 spiro atoms. The zero-order chi connectivity index (χ0) is 12.3. The summed E-state index contributed by atoms with van der Waals surface area (Å²) in [5.74, 6) is -0.118. The standard InChI is InChI=1S/C11H13N5O/c1-13-11(17)7-16-10(6-14-15-16)8-2-4-9(12)5-3-8/h2-6H,7,12H2,1H3,(H,13,17). The maximum absolute atomic E-state index is 11.3. The largest absolute Gasteiger partial charge is 0.399 e. The third-order valence-electron chi connectivity index (χ3n) is 2.40. The summed E-state index contributed by atoms with van der Waals surface area (Å²) in [7, 11) is 1.59. The van der Waals surface area contributed by atoms with Crippen molar-refractivity contribution < 1.29 is 4.79 Å². The number of benzene rings is 1. The van der Waals surface area contributed by atoms with E-state index in [1.165, 1.54) is 0 Å². The summed E-state index contributed by atoms with van der Waals surface area (Å²) in [6.45, 7) is 0.149. The van der Waals surface area contributed by atoms with Gasteiger partial charge in [0.15, 0.2) is 0 Å². The van der Waals surface area contributed by atoms with Gasteiger partial charge in [-0.1, -0.05) is 17.3 Å². The second-order valence-electron chi connectivity index (χ2n) is 3.57. The molecule has 0 aliphatic carbocycles. The number of amides is 1. The highest BCUT2D eigenvalue weighted by molar-refractivity contribution is 5.76. The Bertz CT molecular complexity index is 517. The number of nitrogens with one attached hydrogen (secondary N) is 1. The summed E-state index contributed by atoms with van der Waals surface area (Å²) < 4.78 is 1.55. The van der Waals surface area contributed by atoms with Gasteiger partial charge in [0.05, 0.1) is 11.9 Å². The van der Waals surface area contributed by atoms with Gasteiger partial charge in [-0.3, -0.25) is 4.79 Å². The van der Waals surface area contributed by atoms with Gasteiger partial charge >= 0.3 is 0 Å². The van der Waals surface area contributed by atoms with Crippen molar-refractivity contribution in [3.8, 4) is 11.3 Å². The van der Waals surface area contributed by atoms with Crippen molar-refractivity contribution in [2.45, 2.75) is 6.54 Å². The highest BCUT2D eigenvalue weighted by Gasteiger charge is 2.09. The van der Waals surface area contributed by atoms with Crippen LogP contribution in [0.15, 0.2) is 30.5 Å². The van der Waals surface area contributed by atoms with Crippen LogP contribution in [-0.4, -0.2) is 27.9 Å². The van der Waals surface area contributed by atoms with Gasteiger partial charge in [-0.2, -0.15) is 0 Å². The summed E-state index contributed by atoms with van der Waals surface area (Å²) in [5.41, 5.74) is 8.02. The van der Waals surface area contributed by atoms with Crippen LogP contribution in [0, 0.1) is 0 Å². The fourth-order valence-electron chi connectivity index (χ4n) is 1.47. The van der Waals surface area contributed by atoms with E-state index in [4.69, 9.17) is 5.73 Å². The fourth-order valence-corrected chi connectivity index (χ4v) is 1.47. The number of rotatable bonds is 3. The van der Waals surface area contributed by atoms with Crippen molar-refractivity contribution in [1.29, 1.82) is 0 Å². The molecule has 0 fully saturated rings. The normalized spacial score (nSPS) is 10.2. The molecule has 0 radical (unpaired) electrons. The molecule has 6 nitrogen and oxygen atoms in total. The third kappa shape index (κ3) is 2.41. The number of nitrogens with zero attached hydrogens (tertiary/aromatic N) is 3. The Morgan fingerprint density at radius 3 is 2.76 bits per heavy atom. The molecule has 0 aliphatic heterocycles. The molecule has 0 saturated heterocycles. The van der Waals surface area contributed by atoms with Gasteiger partial charge in [-0.15, -0.1) is 5.10 Å². The van der Waals surface area contributed by atoms with Crippen molar-refractivity contribution in [3.63, 3.8) is 0 Å². The van der Waals surface area contributed by atoms with E-state index < -0.39 is 0 Å². The van der Waals surface area contributed by atoms with E-state index in [1.807, 2.05) is 12.1 Å². The fraction of sp³-hybridized carbons (Fsp3) is 0.182. The highest BCUT2D eigenvalue weighted by atomic mass is 16.1. The number of hydrogen-bond acceptors (Lipinski definition) is 4. The average Bonchev–Trinajstić information content (AvgIpc) is 2.78. The molecular weight excluding hydrogens is 218 g/mol. The first-order valence-electron chi connectivity index (χ1n) is 5.15. The lowest BCUT2D eigenvalue weighted by molar-refractivity contribution is -0.121. The molecule has 2 rings (SSSR count). The molecule has 17 heavy (non-hydrogen) atoms. The van der Waals surface area contributed by atoms with E-state index in [2.05, 4.69) is 15.6 Å². The first-order chi connectivity index (χ1) is 8.20. The molecule has 1 heterocycles. The van der Waals surface area contributed by atoms with Crippen LogP contribution in [-0.2, 0) is 11.3 Å². The summed E-state index contributed by atoms with van der Waals surface area (Å²) in [6.07, 6.45) is 1.62. The predicted molar refractivity (Wildman–Crippen MR) is 63.9 cm³/mol. The molecular formula is C11H13N5O. The number of likely N-dealkylation sites (N-methyl/N-ethyl adjacent to an activating group) is 1. The van der Waals surface area contributed by atoms with Gasteiger partial charge in [0, 0.05) is 18.3 Å². The number of hydrogen-bond donors (Lipinski definition) is 2. The van der Waals surface area contributed by atoms with Crippen molar-refractivity contribution in [1.82, 2.24) is 20.3 Å². The van der Waals surface area contributed by atoms with Crippen LogP contribution in [0.5, 0.6) is 0 Å². The maximum Gasteiger partial charge on any atom is 0.241 e.